The van der Waals surface area contributed by atoms with Gasteiger partial charge < -0.3 is 0 Å². The molecule has 0 bridgehead atoms. The van der Waals surface area contributed by atoms with E-state index in [0.29, 0.717) is 0 Å². The summed E-state index contributed by atoms with van der Waals surface area (Å²) in [5, 5.41) is 1.22. The highest BCUT2D eigenvalue weighted by Gasteiger charge is 1.79. The van der Waals surface area contributed by atoms with E-state index in [1.54, 1.807) is 0 Å². The van der Waals surface area contributed by atoms with E-state index in [1.807, 2.05) is 0 Å². The first kappa shape index (κ1) is 9.68. The van der Waals surface area contributed by atoms with Crippen molar-refractivity contribution in [3.8, 4) is 0 Å². The summed E-state index contributed by atoms with van der Waals surface area (Å²) in [6.07, 6.45) is 0. The minimum atomic E-state index is 0. The molecule has 0 aromatic rings. The van der Waals surface area contributed by atoms with E-state index < -0.39 is 0 Å². The number of hydrogen-bond donors (Lipinski definition) is 0. The van der Waals surface area contributed by atoms with Crippen molar-refractivity contribution in [2.45, 2.75) is 19.1 Å². The summed E-state index contributed by atoms with van der Waals surface area (Å²) in [6.45, 7) is 4.40. The smallest absolute Gasteiger partial charge is 0.118 e. The van der Waals surface area contributed by atoms with Crippen molar-refractivity contribution in [2.24, 2.45) is 5.92 Å². The molecule has 0 aliphatic heterocycles. The summed E-state index contributed by atoms with van der Waals surface area (Å²) in [7, 11) is 0. The quantitative estimate of drug-likeness (QED) is 0.441. The second-order valence-electron chi connectivity index (χ2n) is 1.63. The molecule has 6 heavy (non-hydrogen) atoms. The van der Waals surface area contributed by atoms with Gasteiger partial charge in [0.05, 0.1) is 0 Å². The van der Waals surface area contributed by atoms with Gasteiger partial charge >= 0.3 is 0 Å². The number of rotatable bonds is 1. The van der Waals surface area contributed by atoms with Crippen LogP contribution < -0.4 is 0 Å². The molecule has 0 aromatic carbocycles. The summed E-state index contributed by atoms with van der Waals surface area (Å²) >= 11 is 2.69. The van der Waals surface area contributed by atoms with Crippen molar-refractivity contribution in [1.29, 1.82) is 0 Å². The van der Waals surface area contributed by atoms with Crippen LogP contribution in [0.4, 0.5) is 4.70 Å². The van der Waals surface area contributed by atoms with Gasteiger partial charge in [-0.2, -0.15) is 0 Å². The van der Waals surface area contributed by atoms with Crippen LogP contribution in [0.1, 0.15) is 13.8 Å². The van der Waals surface area contributed by atoms with Gasteiger partial charge in [0.1, 0.15) is 16.3 Å². The van der Waals surface area contributed by atoms with Gasteiger partial charge in [0.15, 0.2) is 0 Å². The Morgan fingerprint density at radius 3 is 1.67 bits per heavy atom. The fourth-order valence-corrected chi connectivity index (χ4v) is 0. The topological polar surface area (TPSA) is 0 Å². The molecule has 2 radical (unpaired) electrons. The van der Waals surface area contributed by atoms with E-state index in [1.165, 1.54) is 5.28 Å². The molecular weight excluding hydrogens is 94.0 g/mol. The first-order valence-electron chi connectivity index (χ1n) is 1.97. The lowest BCUT2D eigenvalue weighted by molar-refractivity contribution is 0.735. The zero-order chi connectivity index (χ0) is 4.28. The van der Waals surface area contributed by atoms with E-state index >= 15 is 0 Å². The van der Waals surface area contributed by atoms with Crippen LogP contribution in [0.15, 0.2) is 0 Å². The van der Waals surface area contributed by atoms with Gasteiger partial charge in [-0.15, -0.1) is 5.28 Å². The molecule has 0 saturated carbocycles. The van der Waals surface area contributed by atoms with Crippen molar-refractivity contribution in [2.75, 3.05) is 0 Å². The lowest BCUT2D eigenvalue weighted by atomic mass is 10.3. The standard InChI is InChI=1S/C4H9.Al.FH/c1-4(2)3;;/h4H,1H2,2-3H3;;1H. The van der Waals surface area contributed by atoms with Gasteiger partial charge in [-0.25, -0.2) is 0 Å². The lowest BCUT2D eigenvalue weighted by Gasteiger charge is -1.91. The fourth-order valence-electron chi connectivity index (χ4n) is 0. The van der Waals surface area contributed by atoms with E-state index in [9.17, 15) is 0 Å². The Bertz CT molecular complexity index is 21.5. The van der Waals surface area contributed by atoms with E-state index in [0.717, 1.165) is 5.92 Å². The predicted molar refractivity (Wildman–Crippen MR) is 27.9 cm³/mol. The van der Waals surface area contributed by atoms with Gasteiger partial charge in [0.25, 0.3) is 0 Å². The normalized spacial score (nSPS) is 7.83. The van der Waals surface area contributed by atoms with Crippen LogP contribution >= 0.6 is 0 Å². The highest BCUT2D eigenvalue weighted by molar-refractivity contribution is 6.08. The Morgan fingerprint density at radius 2 is 1.67 bits per heavy atom. The Hall–Kier alpha value is 0.462. The Morgan fingerprint density at radius 1 is 1.50 bits per heavy atom. The van der Waals surface area contributed by atoms with E-state index in [2.05, 4.69) is 30.1 Å². The Kier molecular flexibility index (Phi) is 8.82. The molecule has 36 valence electrons. The predicted octanol–water partition coefficient (Wildman–Crippen LogP) is 1.38. The molecule has 0 saturated heterocycles. The summed E-state index contributed by atoms with van der Waals surface area (Å²) in [4.78, 5) is 0. The summed E-state index contributed by atoms with van der Waals surface area (Å²) < 4.78 is 0. The Labute approximate surface area is 46.7 Å². The van der Waals surface area contributed by atoms with Gasteiger partial charge in [0, 0.05) is 0 Å². The largest absolute Gasteiger partial charge is 0.269 e. The molecule has 0 unspecified atom stereocenters. The zero-order valence-electron chi connectivity index (χ0n) is 4.27. The molecule has 0 spiro atoms. The van der Waals surface area contributed by atoms with E-state index in [4.69, 9.17) is 0 Å². The molecule has 0 rings (SSSR count). The third kappa shape index (κ3) is 8.82. The Balaban J connectivity index is 0. The average molecular weight is 104 g/mol. The maximum absolute atomic E-state index is 2.69. The van der Waals surface area contributed by atoms with E-state index in [-0.39, 0.29) is 4.70 Å². The second-order valence-corrected chi connectivity index (χ2v) is 2.10. The minimum Gasteiger partial charge on any atom is -0.269 e. The molecule has 0 aliphatic rings. The van der Waals surface area contributed by atoms with Crippen LogP contribution in [0.5, 0.6) is 0 Å². The maximum atomic E-state index is 2.69. The van der Waals surface area contributed by atoms with Gasteiger partial charge in [0.2, 0.25) is 0 Å². The number of hydrogen-bond acceptors (Lipinski definition) is 0. The van der Waals surface area contributed by atoms with Crippen LogP contribution in [-0.2, 0) is 0 Å². The van der Waals surface area contributed by atoms with Crippen molar-refractivity contribution in [1.82, 2.24) is 0 Å². The molecule has 2 heteroatoms. The molecule has 0 heterocycles. The van der Waals surface area contributed by atoms with Crippen molar-refractivity contribution < 1.29 is 4.70 Å². The third-order valence-corrected chi connectivity index (χ3v) is 1.41. The van der Waals surface area contributed by atoms with Crippen LogP contribution in [0.2, 0.25) is 5.28 Å². The van der Waals surface area contributed by atoms with Crippen LogP contribution in [0.25, 0.3) is 0 Å². The first-order valence-corrected chi connectivity index (χ1v) is 2.79. The first-order chi connectivity index (χ1) is 2.27. The highest BCUT2D eigenvalue weighted by Crippen LogP contribution is 1.92. The second kappa shape index (κ2) is 5.46. The summed E-state index contributed by atoms with van der Waals surface area (Å²) in [5.74, 6) is 0.847. The monoisotopic (exact) mass is 104 g/mol. The molecule has 0 atom stereocenters. The van der Waals surface area contributed by atoms with Gasteiger partial charge in [-0.05, 0) is 0 Å². The summed E-state index contributed by atoms with van der Waals surface area (Å²) in [6, 6.07) is 0. The maximum Gasteiger partial charge on any atom is 0.118 e. The molecule has 0 amide bonds. The van der Waals surface area contributed by atoms with Crippen molar-refractivity contribution in [3.63, 3.8) is 0 Å². The average Bonchev–Trinajstić information content (AvgIpc) is 1.38. The zero-order valence-corrected chi connectivity index (χ0v) is 5.42. The molecule has 0 nitrogen and oxygen atoms in total. The van der Waals surface area contributed by atoms with Crippen LogP contribution in [-0.4, -0.2) is 16.3 Å². The fraction of sp³-hybridized carbons (Fsp3) is 1.00. The minimum absolute atomic E-state index is 0. The van der Waals surface area contributed by atoms with Crippen molar-refractivity contribution in [3.05, 3.63) is 0 Å². The van der Waals surface area contributed by atoms with Crippen LogP contribution in [0.3, 0.4) is 0 Å². The van der Waals surface area contributed by atoms with Gasteiger partial charge in [-0.1, -0.05) is 19.8 Å². The van der Waals surface area contributed by atoms with Crippen molar-refractivity contribution >= 4 is 16.3 Å². The molecule has 0 aliphatic carbocycles. The number of halogens is 1. The molecule has 0 fully saturated rings. The molecule has 0 aromatic heterocycles. The lowest BCUT2D eigenvalue weighted by Crippen LogP contribution is -1.80. The van der Waals surface area contributed by atoms with Gasteiger partial charge in [-0.3, -0.25) is 4.70 Å². The molecular formula is C4H10AlF. The van der Waals surface area contributed by atoms with Crippen LogP contribution in [0, 0.1) is 5.92 Å². The third-order valence-electron chi connectivity index (χ3n) is 0.471. The highest BCUT2D eigenvalue weighted by atomic mass is 27.0. The summed E-state index contributed by atoms with van der Waals surface area (Å²) in [5.41, 5.74) is 0. The molecule has 0 N–H and O–H groups in total. The SMILES string of the molecule is CC(C)[CH2][Al].F.